The predicted molar refractivity (Wildman–Crippen MR) is 36.9 cm³/mol. The Balaban J connectivity index is 2.12. The summed E-state index contributed by atoms with van der Waals surface area (Å²) in [7, 11) is 0. The molecule has 2 fully saturated rings. The average molecular weight is 157 g/mol. The first-order valence-electron chi connectivity index (χ1n) is 3.90. The molecule has 1 N–H and O–H groups in total. The molecule has 0 bridgehead atoms. The molecule has 0 aromatic rings. The maximum atomic E-state index is 11.2. The highest BCUT2D eigenvalue weighted by atomic mass is 16.7. The van der Waals surface area contributed by atoms with Crippen LogP contribution in [0.5, 0.6) is 0 Å². The first kappa shape index (κ1) is 7.06. The lowest BCUT2D eigenvalue weighted by molar-refractivity contribution is -0.247. The van der Waals surface area contributed by atoms with Gasteiger partial charge in [0.05, 0.1) is 13.2 Å². The molecule has 2 aliphatic heterocycles. The molecule has 62 valence electrons. The second-order valence-corrected chi connectivity index (χ2v) is 2.81. The molecule has 4 nitrogen and oxygen atoms in total. The van der Waals surface area contributed by atoms with Crippen LogP contribution in [0, 0.1) is 0 Å². The predicted octanol–water partition coefficient (Wildman–Crippen LogP) is -0.361. The van der Waals surface area contributed by atoms with E-state index in [4.69, 9.17) is 9.47 Å². The van der Waals surface area contributed by atoms with E-state index in [0.717, 1.165) is 6.42 Å². The van der Waals surface area contributed by atoms with E-state index in [9.17, 15) is 4.79 Å². The van der Waals surface area contributed by atoms with E-state index in [1.54, 1.807) is 0 Å². The molecule has 2 saturated heterocycles. The number of hydrogen-bond donors (Lipinski definition) is 1. The number of amides is 1. The molecule has 1 amide bonds. The van der Waals surface area contributed by atoms with Crippen LogP contribution in [0.1, 0.15) is 12.8 Å². The third-order valence-corrected chi connectivity index (χ3v) is 2.04. The Morgan fingerprint density at radius 3 is 2.64 bits per heavy atom. The molecule has 2 rings (SSSR count). The van der Waals surface area contributed by atoms with Gasteiger partial charge in [0.1, 0.15) is 0 Å². The van der Waals surface area contributed by atoms with Gasteiger partial charge >= 0.3 is 0 Å². The van der Waals surface area contributed by atoms with Crippen LogP contribution < -0.4 is 5.32 Å². The van der Waals surface area contributed by atoms with Crippen molar-refractivity contribution < 1.29 is 14.3 Å². The Hall–Kier alpha value is -0.610. The molecule has 2 heterocycles. The van der Waals surface area contributed by atoms with E-state index in [1.807, 2.05) is 0 Å². The summed E-state index contributed by atoms with van der Waals surface area (Å²) in [5.41, 5.74) is 0. The van der Waals surface area contributed by atoms with Crippen molar-refractivity contribution in [2.45, 2.75) is 18.6 Å². The minimum absolute atomic E-state index is 0.114. The Morgan fingerprint density at radius 2 is 2.09 bits per heavy atom. The molecule has 0 unspecified atom stereocenters. The molecule has 2 aliphatic rings. The van der Waals surface area contributed by atoms with E-state index < -0.39 is 5.79 Å². The fraction of sp³-hybridized carbons (Fsp3) is 0.857. The van der Waals surface area contributed by atoms with Crippen molar-refractivity contribution >= 4 is 5.91 Å². The summed E-state index contributed by atoms with van der Waals surface area (Å²) in [5, 5.41) is 2.69. The van der Waals surface area contributed by atoms with Gasteiger partial charge in [0.25, 0.3) is 11.7 Å². The Bertz CT molecular complexity index is 175. The lowest BCUT2D eigenvalue weighted by Gasteiger charge is -2.30. The zero-order valence-electron chi connectivity index (χ0n) is 6.26. The van der Waals surface area contributed by atoms with Gasteiger partial charge in [-0.25, -0.2) is 0 Å². The van der Waals surface area contributed by atoms with Gasteiger partial charge in [0, 0.05) is 13.0 Å². The molecule has 0 aromatic heterocycles. The minimum Gasteiger partial charge on any atom is -0.351 e. The molecular formula is C7H11NO3. The third-order valence-electron chi connectivity index (χ3n) is 2.04. The van der Waals surface area contributed by atoms with Gasteiger partial charge in [0.2, 0.25) is 0 Å². The zero-order valence-corrected chi connectivity index (χ0v) is 6.26. The molecule has 0 atom stereocenters. The zero-order chi connectivity index (χ0) is 7.73. The number of carbonyl (C=O) groups is 1. The fourth-order valence-corrected chi connectivity index (χ4v) is 1.44. The number of hydrogen-bond acceptors (Lipinski definition) is 3. The largest absolute Gasteiger partial charge is 0.351 e. The molecule has 4 heteroatoms. The van der Waals surface area contributed by atoms with Crippen LogP contribution in [-0.2, 0) is 14.3 Å². The fourth-order valence-electron chi connectivity index (χ4n) is 1.44. The monoisotopic (exact) mass is 157 g/mol. The van der Waals surface area contributed by atoms with Gasteiger partial charge in [-0.2, -0.15) is 0 Å². The summed E-state index contributed by atoms with van der Waals surface area (Å²) in [6.07, 6.45) is 1.53. The molecule has 1 spiro atoms. The summed E-state index contributed by atoms with van der Waals surface area (Å²) in [6, 6.07) is 0. The van der Waals surface area contributed by atoms with Gasteiger partial charge in [0.15, 0.2) is 0 Å². The second-order valence-electron chi connectivity index (χ2n) is 2.81. The highest BCUT2D eigenvalue weighted by Gasteiger charge is 2.46. The molecule has 0 saturated carbocycles. The van der Waals surface area contributed by atoms with Gasteiger partial charge < -0.3 is 14.8 Å². The number of rotatable bonds is 0. The summed E-state index contributed by atoms with van der Waals surface area (Å²) in [6.45, 7) is 1.93. The van der Waals surface area contributed by atoms with Gasteiger partial charge in [-0.15, -0.1) is 0 Å². The minimum atomic E-state index is -0.918. The maximum Gasteiger partial charge on any atom is 0.280 e. The summed E-state index contributed by atoms with van der Waals surface area (Å²) >= 11 is 0. The summed E-state index contributed by atoms with van der Waals surface area (Å²) in [5.74, 6) is -1.03. The first-order chi connectivity index (χ1) is 5.33. The SMILES string of the molecule is O=C1NCCC12OCCCO2. The molecule has 0 radical (unpaired) electrons. The van der Waals surface area contributed by atoms with Crippen molar-refractivity contribution in [3.8, 4) is 0 Å². The van der Waals surface area contributed by atoms with Crippen molar-refractivity contribution in [3.05, 3.63) is 0 Å². The van der Waals surface area contributed by atoms with Gasteiger partial charge in [-0.05, 0) is 6.42 Å². The summed E-state index contributed by atoms with van der Waals surface area (Å²) in [4.78, 5) is 11.2. The highest BCUT2D eigenvalue weighted by Crippen LogP contribution is 2.26. The van der Waals surface area contributed by atoms with E-state index in [1.165, 1.54) is 0 Å². The Morgan fingerprint density at radius 1 is 1.36 bits per heavy atom. The Labute approximate surface area is 64.9 Å². The maximum absolute atomic E-state index is 11.2. The van der Waals surface area contributed by atoms with Crippen LogP contribution in [0.4, 0.5) is 0 Å². The highest BCUT2D eigenvalue weighted by molar-refractivity contribution is 5.85. The van der Waals surface area contributed by atoms with Crippen LogP contribution in [0.25, 0.3) is 0 Å². The Kier molecular flexibility index (Phi) is 1.58. The molecule has 11 heavy (non-hydrogen) atoms. The van der Waals surface area contributed by atoms with Crippen LogP contribution in [0.2, 0.25) is 0 Å². The van der Waals surface area contributed by atoms with Crippen molar-refractivity contribution in [2.75, 3.05) is 19.8 Å². The number of ether oxygens (including phenoxy) is 2. The van der Waals surface area contributed by atoms with Crippen molar-refractivity contribution in [1.29, 1.82) is 0 Å². The van der Waals surface area contributed by atoms with E-state index in [-0.39, 0.29) is 5.91 Å². The summed E-state index contributed by atoms with van der Waals surface area (Å²) < 4.78 is 10.6. The quantitative estimate of drug-likeness (QED) is 0.522. The number of nitrogens with one attached hydrogen (secondary N) is 1. The van der Waals surface area contributed by atoms with Crippen LogP contribution in [-0.4, -0.2) is 31.5 Å². The average Bonchev–Trinajstić information content (AvgIpc) is 2.36. The van der Waals surface area contributed by atoms with Gasteiger partial charge in [-0.3, -0.25) is 4.79 Å². The van der Waals surface area contributed by atoms with E-state index in [2.05, 4.69) is 5.32 Å². The molecular weight excluding hydrogens is 146 g/mol. The number of carbonyl (C=O) groups excluding carboxylic acids is 1. The third kappa shape index (κ3) is 1.02. The van der Waals surface area contributed by atoms with Crippen LogP contribution in [0.3, 0.4) is 0 Å². The standard InChI is InChI=1S/C7H11NO3/c9-6-7(2-3-8-6)10-4-1-5-11-7/h1-5H2,(H,8,9). The molecule has 0 aliphatic carbocycles. The van der Waals surface area contributed by atoms with E-state index >= 15 is 0 Å². The topological polar surface area (TPSA) is 47.6 Å². The van der Waals surface area contributed by atoms with Crippen molar-refractivity contribution in [2.24, 2.45) is 0 Å². The van der Waals surface area contributed by atoms with Crippen molar-refractivity contribution in [1.82, 2.24) is 5.32 Å². The molecule has 0 aromatic carbocycles. The lowest BCUT2D eigenvalue weighted by Crippen LogP contribution is -2.46. The van der Waals surface area contributed by atoms with Crippen molar-refractivity contribution in [3.63, 3.8) is 0 Å². The van der Waals surface area contributed by atoms with Crippen LogP contribution in [0.15, 0.2) is 0 Å². The lowest BCUT2D eigenvalue weighted by atomic mass is 10.2. The van der Waals surface area contributed by atoms with Gasteiger partial charge in [-0.1, -0.05) is 0 Å². The first-order valence-corrected chi connectivity index (χ1v) is 3.90. The normalized spacial score (nSPS) is 28.9. The van der Waals surface area contributed by atoms with Crippen LogP contribution >= 0.6 is 0 Å². The second kappa shape index (κ2) is 2.46. The van der Waals surface area contributed by atoms with E-state index in [0.29, 0.717) is 26.2 Å². The smallest absolute Gasteiger partial charge is 0.280 e.